The van der Waals surface area contributed by atoms with Gasteiger partial charge < -0.3 is 4.74 Å². The third-order valence-corrected chi connectivity index (χ3v) is 2.19. The molecule has 0 bridgehead atoms. The molecule has 0 N–H and O–H groups in total. The van der Waals surface area contributed by atoms with E-state index in [1.165, 1.54) is 0 Å². The summed E-state index contributed by atoms with van der Waals surface area (Å²) in [6.07, 6.45) is 11.4. The van der Waals surface area contributed by atoms with Crippen molar-refractivity contribution in [2.45, 2.75) is 37.9 Å². The summed E-state index contributed by atoms with van der Waals surface area (Å²) in [5.74, 6) is 0. The molecule has 0 amide bonds. The SMILES string of the molecule is C=CCCC(C=C)OC(C=C)CCC=C. The molecular formula is C14H22O. The largest absolute Gasteiger partial charge is 0.367 e. The second-order valence-electron chi connectivity index (χ2n) is 3.42. The average molecular weight is 206 g/mol. The average Bonchev–Trinajstić information content (AvgIpc) is 2.28. The highest BCUT2D eigenvalue weighted by molar-refractivity contribution is 4.88. The number of hydrogen-bond acceptors (Lipinski definition) is 1. The van der Waals surface area contributed by atoms with Crippen LogP contribution in [0.3, 0.4) is 0 Å². The molecule has 1 heteroatoms. The van der Waals surface area contributed by atoms with Crippen molar-refractivity contribution >= 4 is 0 Å². The molecule has 15 heavy (non-hydrogen) atoms. The van der Waals surface area contributed by atoms with Crippen LogP contribution in [0.2, 0.25) is 0 Å². The van der Waals surface area contributed by atoms with Gasteiger partial charge in [-0.2, -0.15) is 0 Å². The van der Waals surface area contributed by atoms with E-state index in [1.807, 2.05) is 24.3 Å². The molecule has 0 saturated carbocycles. The predicted octanol–water partition coefficient (Wildman–Crippen LogP) is 4.04. The van der Waals surface area contributed by atoms with Gasteiger partial charge in [-0.25, -0.2) is 0 Å². The predicted molar refractivity (Wildman–Crippen MR) is 67.9 cm³/mol. The topological polar surface area (TPSA) is 9.23 Å². The molecule has 0 radical (unpaired) electrons. The van der Waals surface area contributed by atoms with Crippen LogP contribution in [0.4, 0.5) is 0 Å². The zero-order valence-corrected chi connectivity index (χ0v) is 9.53. The summed E-state index contributed by atoms with van der Waals surface area (Å²) in [5.41, 5.74) is 0. The number of ether oxygens (including phenoxy) is 1. The van der Waals surface area contributed by atoms with Gasteiger partial charge in [-0.05, 0) is 25.7 Å². The second kappa shape index (κ2) is 9.47. The van der Waals surface area contributed by atoms with E-state index < -0.39 is 0 Å². The Hall–Kier alpha value is -1.08. The summed E-state index contributed by atoms with van der Waals surface area (Å²) in [6, 6.07) is 0. The van der Waals surface area contributed by atoms with E-state index in [4.69, 9.17) is 4.74 Å². The van der Waals surface area contributed by atoms with Gasteiger partial charge >= 0.3 is 0 Å². The molecule has 0 aliphatic rings. The van der Waals surface area contributed by atoms with Gasteiger partial charge in [0, 0.05) is 0 Å². The fourth-order valence-electron chi connectivity index (χ4n) is 1.27. The van der Waals surface area contributed by atoms with Gasteiger partial charge in [-0.15, -0.1) is 26.3 Å². The van der Waals surface area contributed by atoms with Crippen LogP contribution in [0, 0.1) is 0 Å². The zero-order valence-electron chi connectivity index (χ0n) is 9.53. The molecule has 84 valence electrons. The molecule has 0 aromatic rings. The smallest absolute Gasteiger partial charge is 0.0764 e. The first-order valence-electron chi connectivity index (χ1n) is 5.40. The van der Waals surface area contributed by atoms with Crippen molar-refractivity contribution in [1.29, 1.82) is 0 Å². The maximum Gasteiger partial charge on any atom is 0.0764 e. The molecule has 0 spiro atoms. The summed E-state index contributed by atoms with van der Waals surface area (Å²) >= 11 is 0. The van der Waals surface area contributed by atoms with E-state index in [0.717, 1.165) is 25.7 Å². The van der Waals surface area contributed by atoms with Crippen LogP contribution < -0.4 is 0 Å². The third-order valence-electron chi connectivity index (χ3n) is 2.19. The first-order chi connectivity index (χ1) is 7.28. The summed E-state index contributed by atoms with van der Waals surface area (Å²) in [7, 11) is 0. The Balaban J connectivity index is 3.98. The van der Waals surface area contributed by atoms with Crippen molar-refractivity contribution in [1.82, 2.24) is 0 Å². The maximum absolute atomic E-state index is 5.82. The maximum atomic E-state index is 5.82. The fraction of sp³-hybridized carbons (Fsp3) is 0.429. The lowest BCUT2D eigenvalue weighted by Crippen LogP contribution is -2.18. The van der Waals surface area contributed by atoms with E-state index in [0.29, 0.717) is 0 Å². The minimum absolute atomic E-state index is 0.0933. The van der Waals surface area contributed by atoms with Crippen LogP contribution >= 0.6 is 0 Å². The van der Waals surface area contributed by atoms with Gasteiger partial charge in [0.1, 0.15) is 0 Å². The first kappa shape index (κ1) is 13.9. The second-order valence-corrected chi connectivity index (χ2v) is 3.42. The van der Waals surface area contributed by atoms with E-state index in [1.54, 1.807) is 0 Å². The van der Waals surface area contributed by atoms with Crippen LogP contribution in [0.1, 0.15) is 25.7 Å². The molecule has 0 aromatic heterocycles. The van der Waals surface area contributed by atoms with Gasteiger partial charge in [0.05, 0.1) is 12.2 Å². The number of hydrogen-bond donors (Lipinski definition) is 0. The van der Waals surface area contributed by atoms with E-state index in [9.17, 15) is 0 Å². The highest BCUT2D eigenvalue weighted by Crippen LogP contribution is 2.12. The monoisotopic (exact) mass is 206 g/mol. The molecule has 2 atom stereocenters. The van der Waals surface area contributed by atoms with Crippen molar-refractivity contribution in [3.8, 4) is 0 Å². The molecule has 0 aliphatic carbocycles. The Kier molecular flexibility index (Phi) is 8.79. The fourth-order valence-corrected chi connectivity index (χ4v) is 1.27. The van der Waals surface area contributed by atoms with Crippen LogP contribution in [-0.2, 0) is 4.74 Å². The van der Waals surface area contributed by atoms with Gasteiger partial charge in [0.25, 0.3) is 0 Å². The zero-order chi connectivity index (χ0) is 11.5. The summed E-state index contributed by atoms with van der Waals surface area (Å²) < 4.78 is 5.82. The Bertz CT molecular complexity index is 183. The lowest BCUT2D eigenvalue weighted by Gasteiger charge is -2.19. The Morgan fingerprint density at radius 3 is 1.47 bits per heavy atom. The van der Waals surface area contributed by atoms with E-state index in [-0.39, 0.29) is 12.2 Å². The Morgan fingerprint density at radius 2 is 1.20 bits per heavy atom. The van der Waals surface area contributed by atoms with Crippen LogP contribution in [0.15, 0.2) is 50.6 Å². The molecule has 1 nitrogen and oxygen atoms in total. The van der Waals surface area contributed by atoms with Gasteiger partial charge in [-0.1, -0.05) is 24.3 Å². The molecule has 2 unspecified atom stereocenters. The third kappa shape index (κ3) is 6.92. The summed E-state index contributed by atoms with van der Waals surface area (Å²) in [5, 5.41) is 0. The number of allylic oxidation sites excluding steroid dienone is 2. The Morgan fingerprint density at radius 1 is 0.800 bits per heavy atom. The molecule has 0 saturated heterocycles. The van der Waals surface area contributed by atoms with Crippen molar-refractivity contribution < 1.29 is 4.74 Å². The molecular weight excluding hydrogens is 184 g/mol. The normalized spacial score (nSPS) is 13.9. The first-order valence-corrected chi connectivity index (χ1v) is 5.40. The van der Waals surface area contributed by atoms with Gasteiger partial charge in [-0.3, -0.25) is 0 Å². The van der Waals surface area contributed by atoms with Crippen molar-refractivity contribution in [2.75, 3.05) is 0 Å². The van der Waals surface area contributed by atoms with Gasteiger partial charge in [0.15, 0.2) is 0 Å². The minimum atomic E-state index is 0.0933. The molecule has 0 heterocycles. The quantitative estimate of drug-likeness (QED) is 0.490. The number of rotatable bonds is 10. The van der Waals surface area contributed by atoms with Crippen LogP contribution in [-0.4, -0.2) is 12.2 Å². The highest BCUT2D eigenvalue weighted by Gasteiger charge is 2.09. The van der Waals surface area contributed by atoms with Crippen molar-refractivity contribution in [3.63, 3.8) is 0 Å². The van der Waals surface area contributed by atoms with Crippen LogP contribution in [0.5, 0.6) is 0 Å². The highest BCUT2D eigenvalue weighted by atomic mass is 16.5. The summed E-state index contributed by atoms with van der Waals surface area (Å²) in [4.78, 5) is 0. The standard InChI is InChI=1S/C14H22O/c1-5-9-11-13(7-3)15-14(8-4)12-10-6-2/h5-8,13-14H,1-4,9-12H2. The van der Waals surface area contributed by atoms with Crippen molar-refractivity contribution in [3.05, 3.63) is 50.6 Å². The van der Waals surface area contributed by atoms with Crippen LogP contribution in [0.25, 0.3) is 0 Å². The minimum Gasteiger partial charge on any atom is -0.367 e. The Labute approximate surface area is 93.8 Å². The summed E-state index contributed by atoms with van der Waals surface area (Å²) in [6.45, 7) is 14.9. The lowest BCUT2D eigenvalue weighted by molar-refractivity contribution is 0.0338. The molecule has 0 fully saturated rings. The van der Waals surface area contributed by atoms with Gasteiger partial charge in [0.2, 0.25) is 0 Å². The molecule has 0 rings (SSSR count). The molecule has 0 aromatic carbocycles. The van der Waals surface area contributed by atoms with Crippen molar-refractivity contribution in [2.24, 2.45) is 0 Å². The molecule has 0 aliphatic heterocycles. The lowest BCUT2D eigenvalue weighted by atomic mass is 10.1. The van der Waals surface area contributed by atoms with E-state index >= 15 is 0 Å². The van der Waals surface area contributed by atoms with E-state index in [2.05, 4.69) is 26.3 Å².